The highest BCUT2D eigenvalue weighted by Gasteiger charge is 2.20. The molecule has 0 aliphatic carbocycles. The second-order valence-electron chi connectivity index (χ2n) is 4.90. The number of benzene rings is 1. The molecule has 4 heteroatoms. The van der Waals surface area contributed by atoms with E-state index >= 15 is 0 Å². The number of carbonyl (C=O) groups is 1. The molecule has 1 unspecified atom stereocenters. The highest BCUT2D eigenvalue weighted by Crippen LogP contribution is 2.16. The quantitative estimate of drug-likeness (QED) is 0.721. The van der Waals surface area contributed by atoms with Crippen molar-refractivity contribution in [3.05, 3.63) is 35.4 Å². The van der Waals surface area contributed by atoms with Crippen LogP contribution in [0.25, 0.3) is 0 Å². The van der Waals surface area contributed by atoms with Gasteiger partial charge in [-0.15, -0.1) is 0 Å². The van der Waals surface area contributed by atoms with Crippen LogP contribution in [0.1, 0.15) is 23.7 Å². The van der Waals surface area contributed by atoms with Crippen LogP contribution in [0.3, 0.4) is 0 Å². The second kappa shape index (κ2) is 5.98. The van der Waals surface area contributed by atoms with Crippen LogP contribution in [-0.2, 0) is 4.79 Å². The van der Waals surface area contributed by atoms with Gasteiger partial charge in [0.1, 0.15) is 0 Å². The van der Waals surface area contributed by atoms with E-state index in [0.29, 0.717) is 12.3 Å². The van der Waals surface area contributed by atoms with Gasteiger partial charge in [-0.25, -0.2) is 0 Å². The number of rotatable bonds is 5. The Morgan fingerprint density at radius 2 is 2.22 bits per heavy atom. The zero-order valence-electron chi connectivity index (χ0n) is 10.6. The summed E-state index contributed by atoms with van der Waals surface area (Å²) in [6, 6.07) is 7.68. The van der Waals surface area contributed by atoms with Gasteiger partial charge in [0.05, 0.1) is 6.10 Å². The van der Waals surface area contributed by atoms with Crippen molar-refractivity contribution in [1.29, 1.82) is 0 Å². The molecule has 3 N–H and O–H groups in total. The molecule has 0 radical (unpaired) electrons. The fourth-order valence-corrected chi connectivity index (χ4v) is 2.11. The number of hydrogen-bond donors (Lipinski definition) is 3. The minimum absolute atomic E-state index is 0.0223. The van der Waals surface area contributed by atoms with Gasteiger partial charge in [-0.05, 0) is 37.1 Å². The van der Waals surface area contributed by atoms with Crippen molar-refractivity contribution < 1.29 is 9.90 Å². The molecule has 1 aromatic carbocycles. The molecule has 0 bridgehead atoms. The lowest BCUT2D eigenvalue weighted by atomic mass is 9.99. The second-order valence-corrected chi connectivity index (χ2v) is 4.90. The number of aliphatic hydroxyl groups is 1. The molecule has 0 saturated carbocycles. The predicted octanol–water partition coefficient (Wildman–Crippen LogP) is 0.754. The lowest BCUT2D eigenvalue weighted by Crippen LogP contribution is -2.44. The number of carbonyl (C=O) groups excluding carboxylic acids is 1. The average molecular weight is 248 g/mol. The van der Waals surface area contributed by atoms with Crippen molar-refractivity contribution in [2.24, 2.45) is 5.92 Å². The Labute approximate surface area is 107 Å². The van der Waals surface area contributed by atoms with Crippen LogP contribution in [-0.4, -0.2) is 30.6 Å². The molecule has 98 valence electrons. The van der Waals surface area contributed by atoms with Gasteiger partial charge in [-0.3, -0.25) is 4.79 Å². The van der Waals surface area contributed by atoms with E-state index in [1.807, 2.05) is 31.2 Å². The third-order valence-corrected chi connectivity index (χ3v) is 3.38. The lowest BCUT2D eigenvalue weighted by Gasteiger charge is -2.26. The van der Waals surface area contributed by atoms with Gasteiger partial charge in [-0.2, -0.15) is 0 Å². The molecule has 18 heavy (non-hydrogen) atoms. The van der Waals surface area contributed by atoms with Gasteiger partial charge in [0.25, 0.3) is 0 Å². The topological polar surface area (TPSA) is 61.4 Å². The summed E-state index contributed by atoms with van der Waals surface area (Å²) in [6.45, 7) is 4.09. The molecular formula is C14H20N2O2. The summed E-state index contributed by atoms with van der Waals surface area (Å²) in [5, 5.41) is 16.0. The number of nitrogens with one attached hydrogen (secondary N) is 2. The third kappa shape index (κ3) is 3.31. The summed E-state index contributed by atoms with van der Waals surface area (Å²) in [7, 11) is 0. The molecule has 4 nitrogen and oxygen atoms in total. The normalized spacial score (nSPS) is 17.0. The van der Waals surface area contributed by atoms with Crippen molar-refractivity contribution >= 4 is 5.91 Å². The van der Waals surface area contributed by atoms with Crippen molar-refractivity contribution in [2.75, 3.05) is 19.6 Å². The largest absolute Gasteiger partial charge is 0.387 e. The zero-order valence-corrected chi connectivity index (χ0v) is 10.6. The Morgan fingerprint density at radius 1 is 1.50 bits per heavy atom. The smallest absolute Gasteiger partial charge is 0.220 e. The first-order chi connectivity index (χ1) is 8.66. The van der Waals surface area contributed by atoms with Crippen LogP contribution in [0.15, 0.2) is 24.3 Å². The SMILES string of the molecule is Cc1ccccc1C(O)CNC(=O)CC1CNC1. The molecule has 0 aromatic heterocycles. The first-order valence-electron chi connectivity index (χ1n) is 6.38. The van der Waals surface area contributed by atoms with Crippen LogP contribution in [0.5, 0.6) is 0 Å². The molecule has 0 spiro atoms. The van der Waals surface area contributed by atoms with Gasteiger partial charge < -0.3 is 15.7 Å². The molecule has 1 aliphatic rings. The van der Waals surface area contributed by atoms with E-state index in [4.69, 9.17) is 0 Å². The lowest BCUT2D eigenvalue weighted by molar-refractivity contribution is -0.122. The first-order valence-corrected chi connectivity index (χ1v) is 6.38. The summed E-state index contributed by atoms with van der Waals surface area (Å²) >= 11 is 0. The van der Waals surface area contributed by atoms with E-state index < -0.39 is 6.10 Å². The molecule has 1 fully saturated rings. The van der Waals surface area contributed by atoms with Gasteiger partial charge in [0.2, 0.25) is 5.91 Å². The zero-order chi connectivity index (χ0) is 13.0. The van der Waals surface area contributed by atoms with Crippen LogP contribution in [0.4, 0.5) is 0 Å². The van der Waals surface area contributed by atoms with Crippen LogP contribution < -0.4 is 10.6 Å². The summed E-state index contributed by atoms with van der Waals surface area (Å²) in [5.74, 6) is 0.481. The van der Waals surface area contributed by atoms with E-state index in [-0.39, 0.29) is 12.5 Å². The molecule has 1 saturated heterocycles. The summed E-state index contributed by atoms with van der Waals surface area (Å²) in [4.78, 5) is 11.6. The summed E-state index contributed by atoms with van der Waals surface area (Å²) in [5.41, 5.74) is 1.92. The number of hydrogen-bond acceptors (Lipinski definition) is 3. The van der Waals surface area contributed by atoms with Crippen molar-refractivity contribution in [3.8, 4) is 0 Å². The highest BCUT2D eigenvalue weighted by atomic mass is 16.3. The van der Waals surface area contributed by atoms with Crippen LogP contribution >= 0.6 is 0 Å². The number of amides is 1. The minimum atomic E-state index is -0.630. The minimum Gasteiger partial charge on any atom is -0.387 e. The van der Waals surface area contributed by atoms with Gasteiger partial charge >= 0.3 is 0 Å². The van der Waals surface area contributed by atoms with Crippen molar-refractivity contribution in [3.63, 3.8) is 0 Å². The van der Waals surface area contributed by atoms with E-state index in [9.17, 15) is 9.90 Å². The molecular weight excluding hydrogens is 228 g/mol. The number of aliphatic hydroxyl groups excluding tert-OH is 1. The maximum Gasteiger partial charge on any atom is 0.220 e. The Kier molecular flexibility index (Phi) is 4.33. The Bertz CT molecular complexity index is 416. The summed E-state index contributed by atoms with van der Waals surface area (Å²) < 4.78 is 0. The van der Waals surface area contributed by atoms with Crippen LogP contribution in [0.2, 0.25) is 0 Å². The van der Waals surface area contributed by atoms with Gasteiger partial charge in [0, 0.05) is 13.0 Å². The Hall–Kier alpha value is -1.39. The highest BCUT2D eigenvalue weighted by molar-refractivity contribution is 5.76. The standard InChI is InChI=1S/C14H20N2O2/c1-10-4-2-3-5-12(10)13(17)9-16-14(18)6-11-7-15-8-11/h2-5,11,13,15,17H,6-9H2,1H3,(H,16,18). The fourth-order valence-electron chi connectivity index (χ4n) is 2.11. The third-order valence-electron chi connectivity index (χ3n) is 3.38. The number of aryl methyl sites for hydroxylation is 1. The Balaban J connectivity index is 1.78. The maximum atomic E-state index is 11.6. The van der Waals surface area contributed by atoms with Crippen LogP contribution in [0, 0.1) is 12.8 Å². The van der Waals surface area contributed by atoms with Gasteiger partial charge in [-0.1, -0.05) is 24.3 Å². The van der Waals surface area contributed by atoms with E-state index in [1.165, 1.54) is 0 Å². The molecule has 1 aromatic rings. The monoisotopic (exact) mass is 248 g/mol. The van der Waals surface area contributed by atoms with E-state index in [1.54, 1.807) is 0 Å². The molecule has 1 aliphatic heterocycles. The fraction of sp³-hybridized carbons (Fsp3) is 0.500. The van der Waals surface area contributed by atoms with Crippen molar-refractivity contribution in [1.82, 2.24) is 10.6 Å². The molecule has 2 rings (SSSR count). The average Bonchev–Trinajstić information content (AvgIpc) is 2.31. The first kappa shape index (κ1) is 13.1. The van der Waals surface area contributed by atoms with E-state index in [2.05, 4.69) is 10.6 Å². The molecule has 1 atom stereocenters. The maximum absolute atomic E-state index is 11.6. The van der Waals surface area contributed by atoms with E-state index in [0.717, 1.165) is 24.2 Å². The molecule has 1 heterocycles. The predicted molar refractivity (Wildman–Crippen MR) is 70.1 cm³/mol. The van der Waals surface area contributed by atoms with Crippen molar-refractivity contribution in [2.45, 2.75) is 19.4 Å². The summed E-state index contributed by atoms with van der Waals surface area (Å²) in [6.07, 6.45) is -0.0808. The molecule has 1 amide bonds. The Morgan fingerprint density at radius 3 is 2.83 bits per heavy atom. The van der Waals surface area contributed by atoms with Gasteiger partial charge in [0.15, 0.2) is 0 Å².